The molecule has 0 atom stereocenters. The van der Waals surface area contributed by atoms with Crippen LogP contribution in [0, 0.1) is 16.0 Å². The summed E-state index contributed by atoms with van der Waals surface area (Å²) in [4.78, 5) is 24.2. The van der Waals surface area contributed by atoms with Crippen LogP contribution in [0.5, 0.6) is 0 Å². The van der Waals surface area contributed by atoms with Crippen LogP contribution in [0.15, 0.2) is 18.2 Å². The summed E-state index contributed by atoms with van der Waals surface area (Å²) in [5.74, 6) is 0.454. The Morgan fingerprint density at radius 1 is 1.33 bits per heavy atom. The smallest absolute Gasteiger partial charge is 0.293 e. The maximum Gasteiger partial charge on any atom is 0.293 e. The van der Waals surface area contributed by atoms with Gasteiger partial charge in [0.1, 0.15) is 5.69 Å². The highest BCUT2D eigenvalue weighted by Crippen LogP contribution is 2.31. The van der Waals surface area contributed by atoms with Crippen LogP contribution in [0.25, 0.3) is 0 Å². The van der Waals surface area contributed by atoms with E-state index in [4.69, 9.17) is 0 Å². The van der Waals surface area contributed by atoms with E-state index in [1.807, 2.05) is 11.9 Å². The number of carbonyl (C=O) groups excluding carboxylic acids is 1. The third kappa shape index (κ3) is 3.80. The van der Waals surface area contributed by atoms with Gasteiger partial charge in [0.25, 0.3) is 5.69 Å². The van der Waals surface area contributed by atoms with E-state index in [9.17, 15) is 14.9 Å². The van der Waals surface area contributed by atoms with Crippen LogP contribution in [0.4, 0.5) is 11.4 Å². The largest absolute Gasteiger partial charge is 0.369 e. The first kappa shape index (κ1) is 15.5. The van der Waals surface area contributed by atoms with E-state index in [1.165, 1.54) is 45.1 Å². The van der Waals surface area contributed by atoms with Gasteiger partial charge in [-0.05, 0) is 37.8 Å². The number of benzene rings is 1. The lowest BCUT2D eigenvalue weighted by Gasteiger charge is -2.28. The third-order valence-corrected chi connectivity index (χ3v) is 4.25. The quantitative estimate of drug-likeness (QED) is 0.470. The lowest BCUT2D eigenvalue weighted by molar-refractivity contribution is -0.384. The Kier molecular flexibility index (Phi) is 4.94. The highest BCUT2D eigenvalue weighted by molar-refractivity contribution is 5.95. The van der Waals surface area contributed by atoms with Gasteiger partial charge in [0.05, 0.1) is 4.92 Å². The molecular weight excluding hydrogens is 268 g/mol. The number of ketones is 1. The third-order valence-electron chi connectivity index (χ3n) is 4.25. The van der Waals surface area contributed by atoms with E-state index < -0.39 is 4.92 Å². The Balaban J connectivity index is 2.20. The van der Waals surface area contributed by atoms with Gasteiger partial charge in [-0.25, -0.2) is 0 Å². The molecule has 0 heterocycles. The Morgan fingerprint density at radius 2 is 2.00 bits per heavy atom. The maximum atomic E-state index is 11.4. The van der Waals surface area contributed by atoms with Crippen LogP contribution in [-0.4, -0.2) is 24.3 Å². The highest BCUT2D eigenvalue weighted by Gasteiger charge is 2.22. The van der Waals surface area contributed by atoms with Crippen molar-refractivity contribution in [3.63, 3.8) is 0 Å². The molecule has 1 aromatic carbocycles. The molecule has 0 N–H and O–H groups in total. The van der Waals surface area contributed by atoms with Crippen LogP contribution >= 0.6 is 0 Å². The molecule has 1 aliphatic rings. The predicted octanol–water partition coefficient (Wildman–Crippen LogP) is 3.81. The summed E-state index contributed by atoms with van der Waals surface area (Å²) in [5, 5.41) is 11.3. The normalized spacial score (nSPS) is 15.7. The minimum atomic E-state index is -0.404. The molecule has 0 spiro atoms. The van der Waals surface area contributed by atoms with Gasteiger partial charge in [0.15, 0.2) is 5.78 Å². The van der Waals surface area contributed by atoms with Gasteiger partial charge in [-0.3, -0.25) is 14.9 Å². The molecule has 0 amide bonds. The van der Waals surface area contributed by atoms with E-state index >= 15 is 0 Å². The Morgan fingerprint density at radius 3 is 2.57 bits per heavy atom. The molecule has 1 fully saturated rings. The Bertz CT molecular complexity index is 536. The summed E-state index contributed by atoms with van der Waals surface area (Å²) in [7, 11) is 1.89. The molecule has 5 nitrogen and oxygen atoms in total. The van der Waals surface area contributed by atoms with Crippen molar-refractivity contribution in [1.29, 1.82) is 0 Å². The molecule has 0 radical (unpaired) electrons. The van der Waals surface area contributed by atoms with Crippen molar-refractivity contribution in [2.75, 3.05) is 18.5 Å². The van der Waals surface area contributed by atoms with Crippen molar-refractivity contribution < 1.29 is 9.72 Å². The summed E-state index contributed by atoms with van der Waals surface area (Å²) in [6.07, 6.45) is 6.20. The topological polar surface area (TPSA) is 63.5 Å². The second-order valence-electron chi connectivity index (χ2n) is 5.90. The fourth-order valence-electron chi connectivity index (χ4n) is 3.07. The van der Waals surface area contributed by atoms with Crippen LogP contribution in [0.2, 0.25) is 0 Å². The van der Waals surface area contributed by atoms with Crippen molar-refractivity contribution in [1.82, 2.24) is 0 Å². The minimum absolute atomic E-state index is 0.0148. The number of anilines is 1. The van der Waals surface area contributed by atoms with Crippen molar-refractivity contribution in [3.8, 4) is 0 Å². The van der Waals surface area contributed by atoms with E-state index in [1.54, 1.807) is 12.1 Å². The Labute approximate surface area is 125 Å². The molecule has 114 valence electrons. The number of nitro benzene ring substituents is 1. The monoisotopic (exact) mass is 290 g/mol. The summed E-state index contributed by atoms with van der Waals surface area (Å²) < 4.78 is 0. The van der Waals surface area contributed by atoms with E-state index in [0.29, 0.717) is 17.2 Å². The highest BCUT2D eigenvalue weighted by atomic mass is 16.6. The standard InChI is InChI=1S/C16H22N2O3/c1-12(19)14-8-9-15(16(10-14)18(20)21)17(2)11-13-6-4-3-5-7-13/h8-10,13H,3-7,11H2,1-2H3. The molecule has 5 heteroatoms. The number of nitrogens with zero attached hydrogens (tertiary/aromatic N) is 2. The van der Waals surface area contributed by atoms with Gasteiger partial charge in [0, 0.05) is 25.2 Å². The number of rotatable bonds is 5. The van der Waals surface area contributed by atoms with E-state index in [-0.39, 0.29) is 11.5 Å². The van der Waals surface area contributed by atoms with Gasteiger partial charge < -0.3 is 4.90 Å². The second kappa shape index (κ2) is 6.70. The summed E-state index contributed by atoms with van der Waals surface area (Å²) in [6.45, 7) is 2.25. The summed E-state index contributed by atoms with van der Waals surface area (Å²) >= 11 is 0. The maximum absolute atomic E-state index is 11.4. The number of hydrogen-bond donors (Lipinski definition) is 0. The first-order valence-electron chi connectivity index (χ1n) is 7.49. The van der Waals surface area contributed by atoms with Gasteiger partial charge >= 0.3 is 0 Å². The van der Waals surface area contributed by atoms with Crippen molar-refractivity contribution in [2.24, 2.45) is 5.92 Å². The SMILES string of the molecule is CC(=O)c1ccc(N(C)CC2CCCCC2)c([N+](=O)[O-])c1. The fraction of sp³-hybridized carbons (Fsp3) is 0.562. The second-order valence-corrected chi connectivity index (χ2v) is 5.90. The molecular formula is C16H22N2O3. The first-order chi connectivity index (χ1) is 9.99. The van der Waals surface area contributed by atoms with Crippen LogP contribution in [0.3, 0.4) is 0 Å². The number of hydrogen-bond acceptors (Lipinski definition) is 4. The van der Waals surface area contributed by atoms with Crippen LogP contribution in [0.1, 0.15) is 49.4 Å². The molecule has 1 saturated carbocycles. The van der Waals surface area contributed by atoms with Crippen molar-refractivity contribution in [2.45, 2.75) is 39.0 Å². The van der Waals surface area contributed by atoms with Gasteiger partial charge in [-0.15, -0.1) is 0 Å². The molecule has 0 saturated heterocycles. The van der Waals surface area contributed by atoms with E-state index in [0.717, 1.165) is 6.54 Å². The van der Waals surface area contributed by atoms with Crippen molar-refractivity contribution >= 4 is 17.2 Å². The zero-order valence-electron chi connectivity index (χ0n) is 12.7. The zero-order chi connectivity index (χ0) is 15.4. The minimum Gasteiger partial charge on any atom is -0.369 e. The molecule has 21 heavy (non-hydrogen) atoms. The summed E-state index contributed by atoms with van der Waals surface area (Å²) in [5.41, 5.74) is 0.994. The number of nitro groups is 1. The molecule has 0 bridgehead atoms. The van der Waals surface area contributed by atoms with Crippen molar-refractivity contribution in [3.05, 3.63) is 33.9 Å². The number of Topliss-reactive ketones (excluding diaryl/α,β-unsaturated/α-hetero) is 1. The van der Waals surface area contributed by atoms with Gasteiger partial charge in [0.2, 0.25) is 0 Å². The Hall–Kier alpha value is -1.91. The molecule has 0 unspecified atom stereocenters. The fourth-order valence-corrected chi connectivity index (χ4v) is 3.07. The molecule has 1 aliphatic carbocycles. The van der Waals surface area contributed by atoms with Gasteiger partial charge in [-0.2, -0.15) is 0 Å². The molecule has 2 rings (SSSR count). The van der Waals surface area contributed by atoms with Gasteiger partial charge in [-0.1, -0.05) is 19.3 Å². The van der Waals surface area contributed by atoms with E-state index in [2.05, 4.69) is 0 Å². The average molecular weight is 290 g/mol. The summed E-state index contributed by atoms with van der Waals surface area (Å²) in [6, 6.07) is 4.74. The molecule has 0 aromatic heterocycles. The molecule has 1 aromatic rings. The van der Waals surface area contributed by atoms with Crippen LogP contribution in [-0.2, 0) is 0 Å². The predicted molar refractivity (Wildman–Crippen MR) is 82.9 cm³/mol. The first-order valence-corrected chi connectivity index (χ1v) is 7.49. The lowest BCUT2D eigenvalue weighted by atomic mass is 9.89. The molecule has 0 aliphatic heterocycles. The zero-order valence-corrected chi connectivity index (χ0v) is 12.7. The van der Waals surface area contributed by atoms with Crippen LogP contribution < -0.4 is 4.90 Å². The lowest BCUT2D eigenvalue weighted by Crippen LogP contribution is -2.27. The number of carbonyl (C=O) groups is 1. The average Bonchev–Trinajstić information content (AvgIpc) is 2.47.